The van der Waals surface area contributed by atoms with Gasteiger partial charge in [-0.2, -0.15) is 0 Å². The van der Waals surface area contributed by atoms with Gasteiger partial charge in [0.05, 0.1) is 0 Å². The summed E-state index contributed by atoms with van der Waals surface area (Å²) in [5.74, 6) is 0.727. The Morgan fingerprint density at radius 2 is 1.86 bits per heavy atom. The van der Waals surface area contributed by atoms with Gasteiger partial charge in [0, 0.05) is 18.0 Å². The van der Waals surface area contributed by atoms with Crippen molar-refractivity contribution in [1.29, 1.82) is 0 Å². The van der Waals surface area contributed by atoms with Crippen molar-refractivity contribution in [3.8, 4) is 5.88 Å². The molecule has 22 heavy (non-hydrogen) atoms. The van der Waals surface area contributed by atoms with Gasteiger partial charge in [-0.25, -0.2) is 0 Å². The van der Waals surface area contributed by atoms with E-state index in [9.17, 15) is 4.79 Å². The first-order valence-corrected chi connectivity index (χ1v) is 8.23. The fourth-order valence-corrected chi connectivity index (χ4v) is 3.17. The van der Waals surface area contributed by atoms with Crippen molar-refractivity contribution >= 4 is 10.8 Å². The van der Waals surface area contributed by atoms with E-state index < -0.39 is 0 Å². The zero-order valence-corrected chi connectivity index (χ0v) is 13.8. The molecule has 1 aromatic heterocycles. The molecule has 118 valence electrons. The molecule has 0 saturated heterocycles. The van der Waals surface area contributed by atoms with Crippen LogP contribution in [0.3, 0.4) is 0 Å². The lowest BCUT2D eigenvalue weighted by Crippen LogP contribution is -2.29. The summed E-state index contributed by atoms with van der Waals surface area (Å²) >= 11 is 0. The van der Waals surface area contributed by atoms with E-state index in [2.05, 4.69) is 20.8 Å². The average molecular weight is 299 g/mol. The Kier molecular flexibility index (Phi) is 3.98. The van der Waals surface area contributed by atoms with E-state index >= 15 is 0 Å². The molecular formula is C19H25NO2. The van der Waals surface area contributed by atoms with Gasteiger partial charge in [0.1, 0.15) is 6.10 Å². The van der Waals surface area contributed by atoms with Crippen molar-refractivity contribution in [3.05, 3.63) is 40.7 Å². The maximum Gasteiger partial charge on any atom is 0.261 e. The second kappa shape index (κ2) is 5.79. The first-order valence-electron chi connectivity index (χ1n) is 8.23. The van der Waals surface area contributed by atoms with Crippen molar-refractivity contribution in [2.45, 2.75) is 59.1 Å². The van der Waals surface area contributed by atoms with Gasteiger partial charge >= 0.3 is 0 Å². The van der Waals surface area contributed by atoms with Crippen LogP contribution in [0, 0.1) is 5.41 Å². The minimum Gasteiger partial charge on any atom is -0.475 e. The molecule has 0 aliphatic heterocycles. The van der Waals surface area contributed by atoms with Crippen LogP contribution in [0.5, 0.6) is 5.88 Å². The van der Waals surface area contributed by atoms with Gasteiger partial charge in [-0.15, -0.1) is 0 Å². The smallest absolute Gasteiger partial charge is 0.261 e. The van der Waals surface area contributed by atoms with Crippen LogP contribution in [-0.4, -0.2) is 10.7 Å². The summed E-state index contributed by atoms with van der Waals surface area (Å²) in [4.78, 5) is 12.9. The third-order valence-electron chi connectivity index (χ3n) is 4.20. The molecular weight excluding hydrogens is 274 g/mol. The van der Waals surface area contributed by atoms with Gasteiger partial charge in [-0.3, -0.25) is 9.36 Å². The monoisotopic (exact) mass is 299 g/mol. The molecule has 1 fully saturated rings. The van der Waals surface area contributed by atoms with Crippen LogP contribution < -0.4 is 10.3 Å². The van der Waals surface area contributed by atoms with Crippen molar-refractivity contribution < 1.29 is 4.74 Å². The first kappa shape index (κ1) is 15.1. The average Bonchev–Trinajstić information content (AvgIpc) is 2.95. The summed E-state index contributed by atoms with van der Waals surface area (Å²) < 4.78 is 8.02. The zero-order valence-electron chi connectivity index (χ0n) is 13.8. The van der Waals surface area contributed by atoms with Gasteiger partial charge in [-0.05, 0) is 42.6 Å². The predicted molar refractivity (Wildman–Crippen MR) is 90.5 cm³/mol. The number of benzene rings is 1. The number of aromatic nitrogens is 1. The normalized spacial score (nSPS) is 16.3. The van der Waals surface area contributed by atoms with Crippen molar-refractivity contribution in [3.63, 3.8) is 0 Å². The lowest BCUT2D eigenvalue weighted by atomic mass is 9.96. The van der Waals surface area contributed by atoms with Gasteiger partial charge in [0.15, 0.2) is 5.88 Å². The highest BCUT2D eigenvalue weighted by Crippen LogP contribution is 2.27. The molecule has 0 atom stereocenters. The molecule has 1 aliphatic carbocycles. The Balaban J connectivity index is 2.09. The standard InChI is InChI=1S/C19H25NO2/c1-19(2,3)13-20-17(22-15-9-5-6-10-15)12-14-8-4-7-11-16(14)18(20)21/h4,7-8,11-12,15H,5-6,9-10,13H2,1-3H3. The van der Waals surface area contributed by atoms with Crippen LogP contribution in [0.2, 0.25) is 0 Å². The maximum absolute atomic E-state index is 12.9. The Hall–Kier alpha value is -1.77. The van der Waals surface area contributed by atoms with E-state index in [1.54, 1.807) is 0 Å². The second-order valence-corrected chi connectivity index (χ2v) is 7.55. The van der Waals surface area contributed by atoms with Crippen LogP contribution in [0.1, 0.15) is 46.5 Å². The Morgan fingerprint density at radius 1 is 1.18 bits per heavy atom. The molecule has 3 heteroatoms. The number of fused-ring (bicyclic) bond motifs is 1. The van der Waals surface area contributed by atoms with Crippen LogP contribution in [-0.2, 0) is 6.54 Å². The Labute approximate surface area is 131 Å². The molecule has 3 nitrogen and oxygen atoms in total. The summed E-state index contributed by atoms with van der Waals surface area (Å²) in [6, 6.07) is 9.80. The van der Waals surface area contributed by atoms with E-state index in [1.807, 2.05) is 34.9 Å². The van der Waals surface area contributed by atoms with Crippen LogP contribution >= 0.6 is 0 Å². The molecule has 0 unspecified atom stereocenters. The summed E-state index contributed by atoms with van der Waals surface area (Å²) in [6.07, 6.45) is 4.89. The maximum atomic E-state index is 12.9. The van der Waals surface area contributed by atoms with E-state index in [1.165, 1.54) is 12.8 Å². The lowest BCUT2D eigenvalue weighted by molar-refractivity contribution is 0.181. The van der Waals surface area contributed by atoms with Crippen LogP contribution in [0.25, 0.3) is 10.8 Å². The summed E-state index contributed by atoms with van der Waals surface area (Å²) in [7, 11) is 0. The SMILES string of the molecule is CC(C)(C)Cn1c(OC2CCCC2)cc2ccccc2c1=O. The Morgan fingerprint density at radius 3 is 2.55 bits per heavy atom. The van der Waals surface area contributed by atoms with E-state index in [4.69, 9.17) is 4.74 Å². The number of pyridine rings is 1. The summed E-state index contributed by atoms with van der Waals surface area (Å²) in [5, 5.41) is 1.73. The van der Waals surface area contributed by atoms with E-state index in [0.717, 1.165) is 29.5 Å². The highest BCUT2D eigenvalue weighted by molar-refractivity contribution is 5.82. The Bertz CT molecular complexity index is 718. The quantitative estimate of drug-likeness (QED) is 0.842. The third kappa shape index (κ3) is 3.18. The van der Waals surface area contributed by atoms with Gasteiger partial charge in [-0.1, -0.05) is 39.0 Å². The highest BCUT2D eigenvalue weighted by atomic mass is 16.5. The van der Waals surface area contributed by atoms with Crippen LogP contribution in [0.4, 0.5) is 0 Å². The lowest BCUT2D eigenvalue weighted by Gasteiger charge is -2.24. The summed E-state index contributed by atoms with van der Waals surface area (Å²) in [5.41, 5.74) is 0.0843. The topological polar surface area (TPSA) is 31.2 Å². The number of nitrogens with zero attached hydrogens (tertiary/aromatic N) is 1. The fraction of sp³-hybridized carbons (Fsp3) is 0.526. The first-order chi connectivity index (χ1) is 10.4. The number of hydrogen-bond acceptors (Lipinski definition) is 2. The molecule has 0 spiro atoms. The van der Waals surface area contributed by atoms with Gasteiger partial charge < -0.3 is 4.74 Å². The van der Waals surface area contributed by atoms with Crippen molar-refractivity contribution in [1.82, 2.24) is 4.57 Å². The molecule has 1 aromatic carbocycles. The van der Waals surface area contributed by atoms with Crippen LogP contribution in [0.15, 0.2) is 35.1 Å². The molecule has 0 radical (unpaired) electrons. The molecule has 2 aromatic rings. The number of rotatable bonds is 3. The van der Waals surface area contributed by atoms with Crippen molar-refractivity contribution in [2.24, 2.45) is 5.41 Å². The summed E-state index contributed by atoms with van der Waals surface area (Å²) in [6.45, 7) is 7.11. The van der Waals surface area contributed by atoms with E-state index in [0.29, 0.717) is 6.54 Å². The number of hydrogen-bond donors (Lipinski definition) is 0. The molecule has 1 heterocycles. The minimum absolute atomic E-state index is 0.0278. The molecule has 0 amide bonds. The zero-order chi connectivity index (χ0) is 15.7. The molecule has 3 rings (SSSR count). The molecule has 0 N–H and O–H groups in total. The van der Waals surface area contributed by atoms with Gasteiger partial charge in [0.25, 0.3) is 5.56 Å². The fourth-order valence-electron chi connectivity index (χ4n) is 3.17. The number of ether oxygens (including phenoxy) is 1. The largest absolute Gasteiger partial charge is 0.475 e. The van der Waals surface area contributed by atoms with Crippen molar-refractivity contribution in [2.75, 3.05) is 0 Å². The predicted octanol–water partition coefficient (Wildman–Crippen LogP) is 4.37. The van der Waals surface area contributed by atoms with Gasteiger partial charge in [0.2, 0.25) is 0 Å². The third-order valence-corrected chi connectivity index (χ3v) is 4.20. The molecule has 1 saturated carbocycles. The highest BCUT2D eigenvalue weighted by Gasteiger charge is 2.21. The van der Waals surface area contributed by atoms with E-state index in [-0.39, 0.29) is 17.1 Å². The second-order valence-electron chi connectivity index (χ2n) is 7.55. The molecule has 1 aliphatic rings. The minimum atomic E-state index is 0.0278. The molecule has 0 bridgehead atoms.